The van der Waals surface area contributed by atoms with E-state index in [9.17, 15) is 4.79 Å². The molecule has 2 N–H and O–H groups in total. The van der Waals surface area contributed by atoms with E-state index in [-0.39, 0.29) is 5.91 Å². The zero-order chi connectivity index (χ0) is 17.3. The molecule has 0 bridgehead atoms. The van der Waals surface area contributed by atoms with E-state index in [4.69, 9.17) is 0 Å². The van der Waals surface area contributed by atoms with Gasteiger partial charge >= 0.3 is 0 Å². The molecule has 0 aliphatic rings. The molecule has 4 nitrogen and oxygen atoms in total. The average Bonchev–Trinajstić information content (AvgIpc) is 2.87. The lowest BCUT2D eigenvalue weighted by Crippen LogP contribution is -2.22. The van der Waals surface area contributed by atoms with Crippen molar-refractivity contribution in [2.24, 2.45) is 0 Å². The lowest BCUT2D eigenvalue weighted by molar-refractivity contribution is 0.0951. The molecule has 1 aromatic heterocycles. The summed E-state index contributed by atoms with van der Waals surface area (Å²) in [6.07, 6.45) is 0. The number of amides is 1. The summed E-state index contributed by atoms with van der Waals surface area (Å²) >= 11 is 0. The summed E-state index contributed by atoms with van der Waals surface area (Å²) in [7, 11) is 4.02. The third kappa shape index (κ3) is 3.13. The first-order chi connectivity index (χ1) is 11.5. The highest BCUT2D eigenvalue weighted by molar-refractivity contribution is 5.99. The largest absolute Gasteiger partial charge is 0.378 e. The highest BCUT2D eigenvalue weighted by Gasteiger charge is 2.10. The van der Waals surface area contributed by atoms with Gasteiger partial charge in [-0.25, -0.2) is 0 Å². The predicted octanol–water partition coefficient (Wildman–Crippen LogP) is 3.78. The van der Waals surface area contributed by atoms with Gasteiger partial charge in [-0.05, 0) is 55.3 Å². The van der Waals surface area contributed by atoms with Crippen molar-refractivity contribution in [2.75, 3.05) is 19.0 Å². The minimum absolute atomic E-state index is 0.0492. The van der Waals surface area contributed by atoms with Gasteiger partial charge in [0.05, 0.1) is 0 Å². The number of fused-ring (bicyclic) bond motifs is 1. The number of rotatable bonds is 4. The Morgan fingerprint density at radius 3 is 2.46 bits per heavy atom. The van der Waals surface area contributed by atoms with Crippen LogP contribution >= 0.6 is 0 Å². The van der Waals surface area contributed by atoms with Crippen LogP contribution in [-0.4, -0.2) is 25.0 Å². The van der Waals surface area contributed by atoms with Crippen LogP contribution in [0.1, 0.15) is 27.2 Å². The van der Waals surface area contributed by atoms with Crippen LogP contribution in [0.4, 0.5) is 5.69 Å². The number of carbonyl (C=O) groups is 1. The van der Waals surface area contributed by atoms with Crippen molar-refractivity contribution >= 4 is 22.5 Å². The van der Waals surface area contributed by atoms with Crippen molar-refractivity contribution in [1.82, 2.24) is 10.3 Å². The van der Waals surface area contributed by atoms with Crippen LogP contribution in [0.25, 0.3) is 10.9 Å². The molecule has 24 heavy (non-hydrogen) atoms. The fourth-order valence-corrected chi connectivity index (χ4v) is 2.80. The van der Waals surface area contributed by atoms with Crippen molar-refractivity contribution in [3.8, 4) is 0 Å². The number of hydrogen-bond donors (Lipinski definition) is 2. The topological polar surface area (TPSA) is 48.1 Å². The Labute approximate surface area is 142 Å². The Morgan fingerprint density at radius 1 is 1.08 bits per heavy atom. The molecule has 3 rings (SSSR count). The Bertz CT molecular complexity index is 876. The lowest BCUT2D eigenvalue weighted by atomic mass is 10.1. The number of anilines is 1. The molecule has 0 radical (unpaired) electrons. The van der Waals surface area contributed by atoms with E-state index in [0.717, 1.165) is 27.8 Å². The SMILES string of the molecule is Cc1[nH]c2ccc(C(=O)NCc3ccc(N(C)C)cc3)cc2c1C. The fourth-order valence-electron chi connectivity index (χ4n) is 2.80. The molecule has 0 spiro atoms. The standard InChI is InChI=1S/C20H23N3O/c1-13-14(2)22-19-10-7-16(11-18(13)19)20(24)21-12-15-5-8-17(9-6-15)23(3)4/h5-11,22H,12H2,1-4H3,(H,21,24). The second-order valence-electron chi connectivity index (χ2n) is 6.38. The first kappa shape index (κ1) is 16.1. The highest BCUT2D eigenvalue weighted by atomic mass is 16.1. The van der Waals surface area contributed by atoms with E-state index in [1.165, 1.54) is 5.56 Å². The van der Waals surface area contributed by atoms with E-state index in [2.05, 4.69) is 34.3 Å². The lowest BCUT2D eigenvalue weighted by Gasteiger charge is -2.13. The van der Waals surface area contributed by atoms with Crippen molar-refractivity contribution in [1.29, 1.82) is 0 Å². The zero-order valence-electron chi connectivity index (χ0n) is 14.6. The van der Waals surface area contributed by atoms with Crippen LogP contribution in [0.15, 0.2) is 42.5 Å². The maximum Gasteiger partial charge on any atom is 0.251 e. The van der Waals surface area contributed by atoms with Gasteiger partial charge < -0.3 is 15.2 Å². The number of benzene rings is 2. The van der Waals surface area contributed by atoms with Crippen LogP contribution in [0.3, 0.4) is 0 Å². The summed E-state index contributed by atoms with van der Waals surface area (Å²) in [5, 5.41) is 4.10. The molecular weight excluding hydrogens is 298 g/mol. The molecule has 124 valence electrons. The molecule has 0 aliphatic carbocycles. The summed E-state index contributed by atoms with van der Waals surface area (Å²) < 4.78 is 0. The molecule has 1 amide bonds. The highest BCUT2D eigenvalue weighted by Crippen LogP contribution is 2.22. The molecule has 3 aromatic rings. The third-order valence-electron chi connectivity index (χ3n) is 4.48. The second-order valence-corrected chi connectivity index (χ2v) is 6.38. The quantitative estimate of drug-likeness (QED) is 0.768. The summed E-state index contributed by atoms with van der Waals surface area (Å²) in [5.41, 5.74) is 6.33. The third-order valence-corrected chi connectivity index (χ3v) is 4.48. The summed E-state index contributed by atoms with van der Waals surface area (Å²) in [6.45, 7) is 4.64. The van der Waals surface area contributed by atoms with Gasteiger partial charge in [0.1, 0.15) is 0 Å². The molecule has 0 fully saturated rings. The van der Waals surface area contributed by atoms with E-state index < -0.39 is 0 Å². The van der Waals surface area contributed by atoms with Gasteiger partial charge in [0.15, 0.2) is 0 Å². The number of aromatic nitrogens is 1. The molecule has 0 saturated heterocycles. The van der Waals surface area contributed by atoms with Gasteiger partial charge in [-0.2, -0.15) is 0 Å². The molecule has 0 atom stereocenters. The van der Waals surface area contributed by atoms with E-state index in [1.54, 1.807) is 0 Å². The van der Waals surface area contributed by atoms with Gasteiger partial charge in [0.2, 0.25) is 0 Å². The fraction of sp³-hybridized carbons (Fsp3) is 0.250. The molecule has 4 heteroatoms. The number of H-pyrrole nitrogens is 1. The molecule has 1 heterocycles. The van der Waals surface area contributed by atoms with Gasteiger partial charge in [-0.15, -0.1) is 0 Å². The maximum absolute atomic E-state index is 12.4. The molecule has 0 aliphatic heterocycles. The molecular formula is C20H23N3O. The van der Waals surface area contributed by atoms with Crippen LogP contribution in [0.2, 0.25) is 0 Å². The first-order valence-electron chi connectivity index (χ1n) is 8.09. The molecule has 0 unspecified atom stereocenters. The zero-order valence-corrected chi connectivity index (χ0v) is 14.6. The Kier molecular flexibility index (Phi) is 4.30. The minimum atomic E-state index is -0.0492. The van der Waals surface area contributed by atoms with E-state index in [0.29, 0.717) is 12.1 Å². The predicted molar refractivity (Wildman–Crippen MR) is 99.7 cm³/mol. The van der Waals surface area contributed by atoms with Gasteiger partial charge in [-0.1, -0.05) is 12.1 Å². The first-order valence-corrected chi connectivity index (χ1v) is 8.09. The Hall–Kier alpha value is -2.75. The number of aryl methyl sites for hydroxylation is 2. The Balaban J connectivity index is 1.71. The van der Waals surface area contributed by atoms with Crippen molar-refractivity contribution < 1.29 is 4.79 Å². The number of nitrogens with one attached hydrogen (secondary N) is 2. The van der Waals surface area contributed by atoms with Crippen LogP contribution in [0.5, 0.6) is 0 Å². The van der Waals surface area contributed by atoms with Crippen molar-refractivity contribution in [3.63, 3.8) is 0 Å². The molecule has 0 saturated carbocycles. The van der Waals surface area contributed by atoms with Crippen LogP contribution < -0.4 is 10.2 Å². The van der Waals surface area contributed by atoms with Gasteiger partial charge in [0, 0.05) is 48.5 Å². The summed E-state index contributed by atoms with van der Waals surface area (Å²) in [6, 6.07) is 14.0. The summed E-state index contributed by atoms with van der Waals surface area (Å²) in [4.78, 5) is 17.8. The van der Waals surface area contributed by atoms with E-state index in [1.807, 2.05) is 51.4 Å². The maximum atomic E-state index is 12.4. The average molecular weight is 321 g/mol. The number of aromatic amines is 1. The number of hydrogen-bond acceptors (Lipinski definition) is 2. The smallest absolute Gasteiger partial charge is 0.251 e. The normalized spacial score (nSPS) is 10.8. The number of nitrogens with zero attached hydrogens (tertiary/aromatic N) is 1. The van der Waals surface area contributed by atoms with Crippen molar-refractivity contribution in [2.45, 2.75) is 20.4 Å². The second kappa shape index (κ2) is 6.40. The van der Waals surface area contributed by atoms with Gasteiger partial charge in [-0.3, -0.25) is 4.79 Å². The van der Waals surface area contributed by atoms with Crippen molar-refractivity contribution in [3.05, 3.63) is 64.8 Å². The van der Waals surface area contributed by atoms with Gasteiger partial charge in [0.25, 0.3) is 5.91 Å². The summed E-state index contributed by atoms with van der Waals surface area (Å²) in [5.74, 6) is -0.0492. The Morgan fingerprint density at radius 2 is 1.79 bits per heavy atom. The minimum Gasteiger partial charge on any atom is -0.378 e. The van der Waals surface area contributed by atoms with Crippen LogP contribution in [-0.2, 0) is 6.54 Å². The monoisotopic (exact) mass is 321 g/mol. The van der Waals surface area contributed by atoms with E-state index >= 15 is 0 Å². The number of carbonyl (C=O) groups excluding carboxylic acids is 1. The van der Waals surface area contributed by atoms with Crippen LogP contribution in [0, 0.1) is 13.8 Å². The molecule has 2 aromatic carbocycles.